The number of aromatic nitrogens is 1. The van der Waals surface area contributed by atoms with Crippen molar-refractivity contribution in [3.05, 3.63) is 46.3 Å². The number of carbonyl (C=O) groups excluding carboxylic acids is 2. The van der Waals surface area contributed by atoms with Crippen LogP contribution in [0.1, 0.15) is 41.6 Å². The Bertz CT molecular complexity index is 843. The third-order valence-electron chi connectivity index (χ3n) is 4.80. The van der Waals surface area contributed by atoms with Gasteiger partial charge in [-0.1, -0.05) is 28.9 Å². The monoisotopic (exact) mass is 406 g/mol. The summed E-state index contributed by atoms with van der Waals surface area (Å²) in [7, 11) is 0. The van der Waals surface area contributed by atoms with Gasteiger partial charge in [-0.3, -0.25) is 9.59 Å². The third kappa shape index (κ3) is 4.47. The van der Waals surface area contributed by atoms with Gasteiger partial charge in [-0.2, -0.15) is 0 Å². The lowest BCUT2D eigenvalue weighted by atomic mass is 9.96. The van der Waals surface area contributed by atoms with Gasteiger partial charge >= 0.3 is 5.97 Å². The highest BCUT2D eigenvalue weighted by Gasteiger charge is 2.31. The van der Waals surface area contributed by atoms with Crippen LogP contribution in [0.2, 0.25) is 5.02 Å². The van der Waals surface area contributed by atoms with Gasteiger partial charge < -0.3 is 18.9 Å². The number of benzene rings is 1. The fourth-order valence-electron chi connectivity index (χ4n) is 3.17. The van der Waals surface area contributed by atoms with Gasteiger partial charge in [-0.15, -0.1) is 0 Å². The minimum absolute atomic E-state index is 0.124. The van der Waals surface area contributed by atoms with Gasteiger partial charge in [0.05, 0.1) is 23.1 Å². The second kappa shape index (κ2) is 9.10. The first-order chi connectivity index (χ1) is 13.5. The number of piperidine rings is 1. The predicted octanol–water partition coefficient (Wildman–Crippen LogP) is 3.63. The lowest BCUT2D eigenvalue weighted by Crippen LogP contribution is -2.41. The first-order valence-electron chi connectivity index (χ1n) is 9.29. The van der Waals surface area contributed by atoms with E-state index in [1.54, 1.807) is 30.9 Å². The molecule has 0 radical (unpaired) electrons. The summed E-state index contributed by atoms with van der Waals surface area (Å²) in [5.74, 6) is 0.471. The molecule has 3 rings (SSSR count). The molecule has 2 aromatic rings. The molecule has 0 N–H and O–H groups in total. The maximum absolute atomic E-state index is 12.9. The number of esters is 1. The van der Waals surface area contributed by atoms with E-state index in [9.17, 15) is 9.59 Å². The van der Waals surface area contributed by atoms with E-state index in [1.165, 1.54) is 0 Å². The first-order valence-corrected chi connectivity index (χ1v) is 9.67. The van der Waals surface area contributed by atoms with Gasteiger partial charge in [0.15, 0.2) is 5.69 Å². The average Bonchev–Trinajstić information content (AvgIpc) is 3.07. The lowest BCUT2D eigenvalue weighted by Gasteiger charge is -2.30. The van der Waals surface area contributed by atoms with E-state index in [4.69, 9.17) is 25.6 Å². The number of likely N-dealkylation sites (tertiary alicyclic amines) is 1. The summed E-state index contributed by atoms with van der Waals surface area (Å²) in [6, 6.07) is 7.13. The van der Waals surface area contributed by atoms with E-state index in [0.29, 0.717) is 54.6 Å². The standard InChI is InChI=1S/C20H23ClN2O5/c1-3-26-20(25)14-8-10-23(11-9-14)19(24)18-15(13(2)28-22-18)12-27-17-7-5-4-6-16(17)21/h4-7,14H,3,8-12H2,1-2H3. The Morgan fingerprint density at radius 2 is 2.00 bits per heavy atom. The van der Waals surface area contributed by atoms with E-state index < -0.39 is 0 Å². The second-order valence-corrected chi connectivity index (χ2v) is 7.01. The Morgan fingerprint density at radius 3 is 2.68 bits per heavy atom. The van der Waals surface area contributed by atoms with Crippen LogP contribution >= 0.6 is 11.6 Å². The normalized spacial score (nSPS) is 14.8. The maximum atomic E-state index is 12.9. The molecule has 1 aromatic heterocycles. The second-order valence-electron chi connectivity index (χ2n) is 6.60. The molecule has 0 saturated carbocycles. The molecule has 7 nitrogen and oxygen atoms in total. The minimum atomic E-state index is -0.225. The maximum Gasteiger partial charge on any atom is 0.309 e. The number of hydrogen-bond acceptors (Lipinski definition) is 6. The number of carbonyl (C=O) groups is 2. The Labute approximate surface area is 168 Å². The van der Waals surface area contributed by atoms with Gasteiger partial charge in [0, 0.05) is 13.1 Å². The number of amides is 1. The molecule has 8 heteroatoms. The highest BCUT2D eigenvalue weighted by atomic mass is 35.5. The van der Waals surface area contributed by atoms with Crippen LogP contribution in [0.3, 0.4) is 0 Å². The average molecular weight is 407 g/mol. The highest BCUT2D eigenvalue weighted by molar-refractivity contribution is 6.32. The summed E-state index contributed by atoms with van der Waals surface area (Å²) < 4.78 is 16.1. The van der Waals surface area contributed by atoms with Crippen molar-refractivity contribution in [2.45, 2.75) is 33.3 Å². The molecule has 1 amide bonds. The molecule has 0 bridgehead atoms. The quantitative estimate of drug-likeness (QED) is 0.681. The van der Waals surface area contributed by atoms with Crippen LogP contribution in [0.4, 0.5) is 0 Å². The summed E-state index contributed by atoms with van der Waals surface area (Å²) in [4.78, 5) is 26.5. The molecule has 0 atom stereocenters. The van der Waals surface area contributed by atoms with Crippen LogP contribution in [0, 0.1) is 12.8 Å². The number of ether oxygens (including phenoxy) is 2. The van der Waals surface area contributed by atoms with Crippen molar-refractivity contribution in [2.24, 2.45) is 5.92 Å². The van der Waals surface area contributed by atoms with E-state index in [1.807, 2.05) is 12.1 Å². The summed E-state index contributed by atoms with van der Waals surface area (Å²) in [6.45, 7) is 4.96. The van der Waals surface area contributed by atoms with Crippen LogP contribution in [0.25, 0.3) is 0 Å². The zero-order valence-electron chi connectivity index (χ0n) is 15.9. The summed E-state index contributed by atoms with van der Waals surface area (Å²) in [5.41, 5.74) is 0.830. The van der Waals surface area contributed by atoms with E-state index in [-0.39, 0.29) is 30.1 Å². The predicted molar refractivity (Wildman–Crippen MR) is 102 cm³/mol. The lowest BCUT2D eigenvalue weighted by molar-refractivity contribution is -0.149. The molecule has 0 unspecified atom stereocenters. The largest absolute Gasteiger partial charge is 0.487 e. The Kier molecular flexibility index (Phi) is 6.57. The molecule has 1 saturated heterocycles. The van der Waals surface area contributed by atoms with Crippen LogP contribution in [0.5, 0.6) is 5.75 Å². The molecule has 0 spiro atoms. The molecule has 150 valence electrons. The van der Waals surface area contributed by atoms with E-state index in [0.717, 1.165) is 0 Å². The molecule has 0 aliphatic carbocycles. The topological polar surface area (TPSA) is 81.9 Å². The van der Waals surface area contributed by atoms with Crippen LogP contribution in [-0.4, -0.2) is 41.6 Å². The molecule has 1 aliphatic heterocycles. The molecule has 1 aliphatic rings. The number of aryl methyl sites for hydroxylation is 1. The minimum Gasteiger partial charge on any atom is -0.487 e. The molecule has 1 fully saturated rings. The fraction of sp³-hybridized carbons (Fsp3) is 0.450. The summed E-state index contributed by atoms with van der Waals surface area (Å²) in [6.07, 6.45) is 1.15. The summed E-state index contributed by atoms with van der Waals surface area (Å²) >= 11 is 6.11. The van der Waals surface area contributed by atoms with Crippen LogP contribution in [-0.2, 0) is 16.1 Å². The number of halogens is 1. The smallest absolute Gasteiger partial charge is 0.309 e. The van der Waals surface area contributed by atoms with Gasteiger partial charge in [0.25, 0.3) is 5.91 Å². The SMILES string of the molecule is CCOC(=O)C1CCN(C(=O)c2noc(C)c2COc2ccccc2Cl)CC1. The zero-order chi connectivity index (χ0) is 20.1. The Balaban J connectivity index is 1.65. The third-order valence-corrected chi connectivity index (χ3v) is 5.11. The molecular formula is C20H23ClN2O5. The number of para-hydroxylation sites is 1. The van der Waals surface area contributed by atoms with Crippen molar-refractivity contribution in [1.82, 2.24) is 10.1 Å². The molecule has 1 aromatic carbocycles. The number of rotatable bonds is 6. The van der Waals surface area contributed by atoms with E-state index >= 15 is 0 Å². The van der Waals surface area contributed by atoms with Gasteiger partial charge in [0.2, 0.25) is 0 Å². The number of nitrogens with zero attached hydrogens (tertiary/aromatic N) is 2. The summed E-state index contributed by atoms with van der Waals surface area (Å²) in [5, 5.41) is 4.43. The van der Waals surface area contributed by atoms with Gasteiger partial charge in [0.1, 0.15) is 18.1 Å². The zero-order valence-corrected chi connectivity index (χ0v) is 16.7. The first kappa shape index (κ1) is 20.2. The molecular weight excluding hydrogens is 384 g/mol. The van der Waals surface area contributed by atoms with Crippen molar-refractivity contribution in [3.8, 4) is 5.75 Å². The van der Waals surface area contributed by atoms with Crippen molar-refractivity contribution in [3.63, 3.8) is 0 Å². The van der Waals surface area contributed by atoms with E-state index in [2.05, 4.69) is 5.16 Å². The van der Waals surface area contributed by atoms with Crippen molar-refractivity contribution < 1.29 is 23.6 Å². The van der Waals surface area contributed by atoms with Crippen LogP contribution in [0.15, 0.2) is 28.8 Å². The molecule has 28 heavy (non-hydrogen) atoms. The molecule has 2 heterocycles. The highest BCUT2D eigenvalue weighted by Crippen LogP contribution is 2.26. The van der Waals surface area contributed by atoms with Crippen molar-refractivity contribution >= 4 is 23.5 Å². The number of hydrogen-bond donors (Lipinski definition) is 0. The van der Waals surface area contributed by atoms with Gasteiger partial charge in [-0.25, -0.2) is 0 Å². The van der Waals surface area contributed by atoms with Crippen molar-refractivity contribution in [2.75, 3.05) is 19.7 Å². The Morgan fingerprint density at radius 1 is 1.29 bits per heavy atom. The van der Waals surface area contributed by atoms with Crippen molar-refractivity contribution in [1.29, 1.82) is 0 Å². The van der Waals surface area contributed by atoms with Gasteiger partial charge in [-0.05, 0) is 38.8 Å². The Hall–Kier alpha value is -2.54. The van der Waals surface area contributed by atoms with Crippen LogP contribution < -0.4 is 4.74 Å². The fourth-order valence-corrected chi connectivity index (χ4v) is 3.36.